The Morgan fingerprint density at radius 1 is 1.32 bits per heavy atom. The first-order valence-corrected chi connectivity index (χ1v) is 6.25. The van der Waals surface area contributed by atoms with Crippen LogP contribution in [0.15, 0.2) is 24.3 Å². The van der Waals surface area contributed by atoms with Gasteiger partial charge in [-0.15, -0.1) is 0 Å². The zero-order valence-electron chi connectivity index (χ0n) is 11.2. The minimum absolute atomic E-state index is 0.110. The van der Waals surface area contributed by atoms with Gasteiger partial charge in [-0.3, -0.25) is 9.59 Å². The number of rotatable bonds is 7. The van der Waals surface area contributed by atoms with Crippen LogP contribution in [-0.2, 0) is 4.79 Å². The predicted molar refractivity (Wildman–Crippen MR) is 71.4 cm³/mol. The van der Waals surface area contributed by atoms with Crippen LogP contribution in [0, 0.1) is 11.7 Å². The van der Waals surface area contributed by atoms with Gasteiger partial charge >= 0.3 is 0 Å². The number of hydrogen-bond donors (Lipinski definition) is 2. The molecule has 5 heteroatoms. The van der Waals surface area contributed by atoms with Crippen LogP contribution in [0.25, 0.3) is 0 Å². The minimum Gasteiger partial charge on any atom is -0.355 e. The van der Waals surface area contributed by atoms with Crippen LogP contribution in [0.4, 0.5) is 4.39 Å². The number of benzene rings is 1. The third kappa shape index (κ3) is 5.18. The molecule has 4 nitrogen and oxygen atoms in total. The normalized spacial score (nSPS) is 11.9. The second-order valence-corrected chi connectivity index (χ2v) is 4.43. The Bertz CT molecular complexity index is 449. The van der Waals surface area contributed by atoms with Crippen molar-refractivity contribution in [1.29, 1.82) is 0 Å². The van der Waals surface area contributed by atoms with Crippen molar-refractivity contribution in [2.45, 2.75) is 13.3 Å². The molecule has 0 fully saturated rings. The van der Waals surface area contributed by atoms with Crippen LogP contribution in [-0.4, -0.2) is 31.8 Å². The number of hydrogen-bond acceptors (Lipinski definition) is 3. The summed E-state index contributed by atoms with van der Waals surface area (Å²) in [6, 6.07) is 5.52. The van der Waals surface area contributed by atoms with E-state index in [-0.39, 0.29) is 18.1 Å². The zero-order valence-corrected chi connectivity index (χ0v) is 11.2. The molecule has 0 radical (unpaired) electrons. The largest absolute Gasteiger partial charge is 0.355 e. The van der Waals surface area contributed by atoms with E-state index in [9.17, 15) is 14.0 Å². The van der Waals surface area contributed by atoms with Crippen LogP contribution in [0.5, 0.6) is 0 Å². The Hall–Kier alpha value is -1.75. The van der Waals surface area contributed by atoms with Crippen molar-refractivity contribution in [3.8, 4) is 0 Å². The van der Waals surface area contributed by atoms with Crippen molar-refractivity contribution in [3.05, 3.63) is 35.6 Å². The van der Waals surface area contributed by atoms with Gasteiger partial charge in [-0.1, -0.05) is 19.1 Å². The Labute approximate surface area is 112 Å². The van der Waals surface area contributed by atoms with E-state index in [1.165, 1.54) is 18.2 Å². The van der Waals surface area contributed by atoms with E-state index in [2.05, 4.69) is 10.6 Å². The summed E-state index contributed by atoms with van der Waals surface area (Å²) >= 11 is 0. The highest BCUT2D eigenvalue weighted by Crippen LogP contribution is 2.13. The molecule has 104 valence electrons. The molecular formula is C14H19FN2O2. The number of carbonyl (C=O) groups is 2. The highest BCUT2D eigenvalue weighted by molar-refractivity contribution is 5.99. The molecule has 2 N–H and O–H groups in total. The number of amides is 1. The van der Waals surface area contributed by atoms with Crippen molar-refractivity contribution in [3.63, 3.8) is 0 Å². The lowest BCUT2D eigenvalue weighted by molar-refractivity contribution is -0.121. The fourth-order valence-electron chi connectivity index (χ4n) is 1.70. The number of Topliss-reactive ketones (excluding diaryl/α,β-unsaturated/α-hetero) is 1. The highest BCUT2D eigenvalue weighted by atomic mass is 19.1. The van der Waals surface area contributed by atoms with E-state index in [0.717, 1.165) is 0 Å². The lowest BCUT2D eigenvalue weighted by atomic mass is 9.96. The van der Waals surface area contributed by atoms with E-state index >= 15 is 0 Å². The monoisotopic (exact) mass is 266 g/mol. The Morgan fingerprint density at radius 3 is 2.68 bits per heavy atom. The summed E-state index contributed by atoms with van der Waals surface area (Å²) in [6.07, 6.45) is 0.110. The van der Waals surface area contributed by atoms with Gasteiger partial charge in [0.2, 0.25) is 5.91 Å². The Morgan fingerprint density at radius 2 is 2.05 bits per heavy atom. The van der Waals surface area contributed by atoms with E-state index in [1.54, 1.807) is 20.0 Å². The maximum Gasteiger partial charge on any atom is 0.220 e. The summed E-state index contributed by atoms with van der Waals surface area (Å²) in [5.41, 5.74) is 0.301. The lowest BCUT2D eigenvalue weighted by Gasteiger charge is -2.11. The van der Waals surface area contributed by atoms with E-state index in [4.69, 9.17) is 0 Å². The summed E-state index contributed by atoms with van der Waals surface area (Å²) in [5, 5.41) is 5.61. The van der Waals surface area contributed by atoms with Crippen LogP contribution >= 0.6 is 0 Å². The molecule has 0 bridgehead atoms. The number of carbonyl (C=O) groups excluding carboxylic acids is 2. The average Bonchev–Trinajstić information content (AvgIpc) is 2.38. The molecule has 1 aromatic carbocycles. The average molecular weight is 266 g/mol. The maximum atomic E-state index is 13.0. The van der Waals surface area contributed by atoms with Crippen LogP contribution in [0.2, 0.25) is 0 Å². The molecule has 0 heterocycles. The highest BCUT2D eigenvalue weighted by Gasteiger charge is 2.18. The first-order chi connectivity index (χ1) is 9.04. The van der Waals surface area contributed by atoms with Gasteiger partial charge in [0.1, 0.15) is 5.82 Å². The second kappa shape index (κ2) is 7.63. The smallest absolute Gasteiger partial charge is 0.220 e. The van der Waals surface area contributed by atoms with Gasteiger partial charge in [-0.2, -0.15) is 0 Å². The number of halogens is 1. The standard InChI is InChI=1S/C14H19FN2O2/c1-10(8-13(18)17-7-6-16-2)14(19)11-4-3-5-12(15)9-11/h3-5,9-10,16H,6-8H2,1-2H3,(H,17,18). The van der Waals surface area contributed by atoms with Gasteiger partial charge in [0, 0.05) is 31.0 Å². The molecule has 0 aliphatic rings. The molecule has 1 atom stereocenters. The second-order valence-electron chi connectivity index (χ2n) is 4.43. The molecule has 19 heavy (non-hydrogen) atoms. The van der Waals surface area contributed by atoms with Gasteiger partial charge < -0.3 is 10.6 Å². The molecule has 1 rings (SSSR count). The van der Waals surface area contributed by atoms with Gasteiger partial charge in [-0.25, -0.2) is 4.39 Å². The molecule has 0 saturated carbocycles. The molecule has 1 amide bonds. The third-order valence-corrected chi connectivity index (χ3v) is 2.75. The molecule has 1 aromatic rings. The molecule has 1 unspecified atom stereocenters. The predicted octanol–water partition coefficient (Wildman–Crippen LogP) is 1.37. The summed E-state index contributed by atoms with van der Waals surface area (Å²) in [4.78, 5) is 23.6. The van der Waals surface area contributed by atoms with Crippen molar-refractivity contribution >= 4 is 11.7 Å². The summed E-state index contributed by atoms with van der Waals surface area (Å²) in [6.45, 7) is 2.87. The van der Waals surface area contributed by atoms with E-state index < -0.39 is 11.7 Å². The number of likely N-dealkylation sites (N-methyl/N-ethyl adjacent to an activating group) is 1. The maximum absolute atomic E-state index is 13.0. The van der Waals surface area contributed by atoms with Gasteiger partial charge in [0.05, 0.1) is 0 Å². The van der Waals surface area contributed by atoms with Crippen molar-refractivity contribution in [2.75, 3.05) is 20.1 Å². The van der Waals surface area contributed by atoms with Crippen LogP contribution in [0.3, 0.4) is 0 Å². The Kier molecular flexibility index (Phi) is 6.15. The topological polar surface area (TPSA) is 58.2 Å². The summed E-state index contributed by atoms with van der Waals surface area (Å²) in [5.74, 6) is -1.30. The summed E-state index contributed by atoms with van der Waals surface area (Å²) < 4.78 is 13.0. The molecule has 0 spiro atoms. The zero-order chi connectivity index (χ0) is 14.3. The van der Waals surface area contributed by atoms with Crippen molar-refractivity contribution < 1.29 is 14.0 Å². The molecule has 0 aromatic heterocycles. The molecule has 0 aliphatic heterocycles. The fraction of sp³-hybridized carbons (Fsp3) is 0.429. The van der Waals surface area contributed by atoms with Crippen molar-refractivity contribution in [2.24, 2.45) is 5.92 Å². The van der Waals surface area contributed by atoms with E-state index in [0.29, 0.717) is 18.7 Å². The molecule has 0 aliphatic carbocycles. The first-order valence-electron chi connectivity index (χ1n) is 6.25. The Balaban J connectivity index is 2.51. The van der Waals surface area contributed by atoms with E-state index in [1.807, 2.05) is 0 Å². The van der Waals surface area contributed by atoms with Gasteiger partial charge in [0.15, 0.2) is 5.78 Å². The van der Waals surface area contributed by atoms with Crippen LogP contribution in [0.1, 0.15) is 23.7 Å². The first kappa shape index (κ1) is 15.3. The SMILES string of the molecule is CNCCNC(=O)CC(C)C(=O)c1cccc(F)c1. The fourth-order valence-corrected chi connectivity index (χ4v) is 1.70. The quantitative estimate of drug-likeness (QED) is 0.579. The third-order valence-electron chi connectivity index (χ3n) is 2.75. The van der Waals surface area contributed by atoms with Crippen molar-refractivity contribution in [1.82, 2.24) is 10.6 Å². The summed E-state index contributed by atoms with van der Waals surface area (Å²) in [7, 11) is 1.79. The van der Waals surface area contributed by atoms with Gasteiger partial charge in [-0.05, 0) is 19.2 Å². The molecule has 0 saturated heterocycles. The lowest BCUT2D eigenvalue weighted by Crippen LogP contribution is -2.32. The number of nitrogens with one attached hydrogen (secondary N) is 2. The van der Waals surface area contributed by atoms with Crippen LogP contribution < -0.4 is 10.6 Å². The number of ketones is 1. The molecular weight excluding hydrogens is 247 g/mol. The minimum atomic E-state index is -0.462. The van der Waals surface area contributed by atoms with Gasteiger partial charge in [0.25, 0.3) is 0 Å².